The molecule has 0 saturated heterocycles. The molecule has 1 unspecified atom stereocenters. The first-order chi connectivity index (χ1) is 13.1. The second kappa shape index (κ2) is 7.64. The van der Waals surface area contributed by atoms with Gasteiger partial charge in [-0.25, -0.2) is 12.8 Å². The highest BCUT2D eigenvalue weighted by atomic mass is 32.2. The first-order valence-corrected chi connectivity index (χ1v) is 10.8. The normalized spacial score (nSPS) is 19.5. The maximum Gasteiger partial charge on any atom is 0.244 e. The molecule has 5 nitrogen and oxygen atoms in total. The van der Waals surface area contributed by atoms with E-state index in [0.29, 0.717) is 0 Å². The molecule has 2 N–H and O–H groups in total. The van der Waals surface area contributed by atoms with Crippen molar-refractivity contribution < 1.29 is 17.6 Å². The van der Waals surface area contributed by atoms with E-state index in [2.05, 4.69) is 30.0 Å². The minimum Gasteiger partial charge on any atom is -0.348 e. The number of hydrogen-bond donors (Lipinski definition) is 2. The van der Waals surface area contributed by atoms with Crippen LogP contribution in [0.4, 0.5) is 4.39 Å². The van der Waals surface area contributed by atoms with Gasteiger partial charge in [-0.2, -0.15) is 4.72 Å². The van der Waals surface area contributed by atoms with Gasteiger partial charge in [-0.3, -0.25) is 4.79 Å². The number of rotatable bonds is 5. The van der Waals surface area contributed by atoms with Gasteiger partial charge in [-0.1, -0.05) is 50.2 Å². The summed E-state index contributed by atoms with van der Waals surface area (Å²) in [5, 5.41) is 2.94. The quantitative estimate of drug-likeness (QED) is 0.802. The van der Waals surface area contributed by atoms with Crippen molar-refractivity contribution in [1.82, 2.24) is 10.0 Å². The summed E-state index contributed by atoms with van der Waals surface area (Å²) in [6, 6.07) is 11.8. The standard InChI is InChI=1S/C21H25FN2O3S/c1-14(24-28(26,27)19-11-7-6-10-17(19)22)20(25)23-18-12-13-21(2,3)16-9-5-4-8-15(16)18/h4-11,14,18,24H,12-13H2,1-3H3,(H,23,25)/t14-,18?/m0/s1. The molecule has 7 heteroatoms. The smallest absolute Gasteiger partial charge is 0.244 e. The van der Waals surface area contributed by atoms with Crippen LogP contribution in [0.1, 0.15) is 50.8 Å². The Bertz CT molecular complexity index is 989. The summed E-state index contributed by atoms with van der Waals surface area (Å²) in [4.78, 5) is 12.2. The lowest BCUT2D eigenvalue weighted by atomic mass is 9.71. The highest BCUT2D eigenvalue weighted by Crippen LogP contribution is 2.41. The molecule has 0 spiro atoms. The molecule has 2 aromatic carbocycles. The van der Waals surface area contributed by atoms with Gasteiger partial charge in [0.15, 0.2) is 0 Å². The van der Waals surface area contributed by atoms with Crippen LogP contribution in [0.15, 0.2) is 53.4 Å². The van der Waals surface area contributed by atoms with E-state index in [1.54, 1.807) is 0 Å². The van der Waals surface area contributed by atoms with Gasteiger partial charge in [0.25, 0.3) is 0 Å². The number of sulfonamides is 1. The van der Waals surface area contributed by atoms with Crippen molar-refractivity contribution in [3.8, 4) is 0 Å². The number of fused-ring (bicyclic) bond motifs is 1. The fraction of sp³-hybridized carbons (Fsp3) is 0.381. The monoisotopic (exact) mass is 404 g/mol. The van der Waals surface area contributed by atoms with Crippen LogP contribution in [-0.2, 0) is 20.2 Å². The zero-order chi connectivity index (χ0) is 20.5. The molecule has 0 saturated carbocycles. The van der Waals surface area contributed by atoms with Gasteiger partial charge in [-0.05, 0) is 48.4 Å². The molecule has 150 valence electrons. The summed E-state index contributed by atoms with van der Waals surface area (Å²) in [6.07, 6.45) is 1.67. The van der Waals surface area contributed by atoms with Gasteiger partial charge in [0, 0.05) is 0 Å². The maximum atomic E-state index is 13.8. The van der Waals surface area contributed by atoms with Crippen molar-refractivity contribution in [2.45, 2.75) is 56.0 Å². The summed E-state index contributed by atoms with van der Waals surface area (Å²) in [7, 11) is -4.14. The summed E-state index contributed by atoms with van der Waals surface area (Å²) in [5.41, 5.74) is 2.26. The second-order valence-electron chi connectivity index (χ2n) is 7.84. The molecular weight excluding hydrogens is 379 g/mol. The maximum absolute atomic E-state index is 13.8. The zero-order valence-corrected chi connectivity index (χ0v) is 17.0. The van der Waals surface area contributed by atoms with Crippen LogP contribution in [0, 0.1) is 5.82 Å². The molecule has 0 heterocycles. The van der Waals surface area contributed by atoms with Crippen molar-refractivity contribution in [1.29, 1.82) is 0 Å². The van der Waals surface area contributed by atoms with E-state index in [1.807, 2.05) is 18.2 Å². The molecule has 1 aliphatic rings. The molecule has 2 atom stereocenters. The van der Waals surface area contributed by atoms with Gasteiger partial charge in [0.1, 0.15) is 10.7 Å². The molecule has 2 aromatic rings. The van der Waals surface area contributed by atoms with E-state index in [-0.39, 0.29) is 11.5 Å². The molecule has 0 radical (unpaired) electrons. The molecule has 3 rings (SSSR count). The number of hydrogen-bond acceptors (Lipinski definition) is 3. The van der Waals surface area contributed by atoms with Crippen LogP contribution in [0.2, 0.25) is 0 Å². The number of nitrogens with one attached hydrogen (secondary N) is 2. The average molecular weight is 405 g/mol. The van der Waals surface area contributed by atoms with Crippen LogP contribution in [0.5, 0.6) is 0 Å². The van der Waals surface area contributed by atoms with Gasteiger partial charge in [0.2, 0.25) is 15.9 Å². The van der Waals surface area contributed by atoms with Crippen LogP contribution in [0.25, 0.3) is 0 Å². The lowest BCUT2D eigenvalue weighted by Crippen LogP contribution is -2.47. The molecule has 0 aliphatic heterocycles. The Labute approximate surface area is 165 Å². The van der Waals surface area contributed by atoms with E-state index >= 15 is 0 Å². The molecule has 0 fully saturated rings. The van der Waals surface area contributed by atoms with Gasteiger partial charge in [0.05, 0.1) is 12.1 Å². The number of carbonyl (C=O) groups excluding carboxylic acids is 1. The molecule has 1 amide bonds. The van der Waals surface area contributed by atoms with Crippen molar-refractivity contribution in [2.75, 3.05) is 0 Å². The van der Waals surface area contributed by atoms with Gasteiger partial charge >= 0.3 is 0 Å². The molecule has 28 heavy (non-hydrogen) atoms. The summed E-state index contributed by atoms with van der Waals surface area (Å²) in [6.45, 7) is 5.80. The number of carbonyl (C=O) groups is 1. The molecule has 1 aliphatic carbocycles. The van der Waals surface area contributed by atoms with Gasteiger partial charge < -0.3 is 5.32 Å². The minimum atomic E-state index is -4.14. The van der Waals surface area contributed by atoms with E-state index < -0.39 is 32.7 Å². The van der Waals surface area contributed by atoms with Crippen LogP contribution in [0.3, 0.4) is 0 Å². The third-order valence-corrected chi connectivity index (χ3v) is 6.87. The Hall–Kier alpha value is -2.25. The minimum absolute atomic E-state index is 0.0237. The highest BCUT2D eigenvalue weighted by Gasteiger charge is 2.34. The summed E-state index contributed by atoms with van der Waals surface area (Å²) < 4.78 is 40.9. The van der Waals surface area contributed by atoms with Crippen molar-refractivity contribution in [2.24, 2.45) is 0 Å². The number of halogens is 1. The predicted molar refractivity (Wildman–Crippen MR) is 106 cm³/mol. The SMILES string of the molecule is C[C@H](NS(=O)(=O)c1ccccc1F)C(=O)NC1CCC(C)(C)c2ccccc21. The average Bonchev–Trinajstić information content (AvgIpc) is 2.64. The van der Waals surface area contributed by atoms with Crippen molar-refractivity contribution in [3.63, 3.8) is 0 Å². The molecule has 0 bridgehead atoms. The van der Waals surface area contributed by atoms with Crippen molar-refractivity contribution in [3.05, 3.63) is 65.5 Å². The summed E-state index contributed by atoms with van der Waals surface area (Å²) in [5.74, 6) is -1.30. The molecular formula is C21H25FN2O3S. The van der Waals surface area contributed by atoms with Crippen molar-refractivity contribution >= 4 is 15.9 Å². The van der Waals surface area contributed by atoms with Gasteiger partial charge in [-0.15, -0.1) is 0 Å². The largest absolute Gasteiger partial charge is 0.348 e. The topological polar surface area (TPSA) is 75.3 Å². The van der Waals surface area contributed by atoms with Crippen LogP contribution < -0.4 is 10.0 Å². The Balaban J connectivity index is 1.74. The highest BCUT2D eigenvalue weighted by molar-refractivity contribution is 7.89. The Morgan fingerprint density at radius 2 is 1.79 bits per heavy atom. The Kier molecular flexibility index (Phi) is 5.59. The fourth-order valence-corrected chi connectivity index (χ4v) is 4.95. The predicted octanol–water partition coefficient (Wildman–Crippen LogP) is 3.42. The zero-order valence-electron chi connectivity index (χ0n) is 16.2. The number of benzene rings is 2. The van der Waals surface area contributed by atoms with E-state index in [1.165, 1.54) is 30.7 Å². The lowest BCUT2D eigenvalue weighted by molar-refractivity contribution is -0.123. The van der Waals surface area contributed by atoms with Crippen LogP contribution >= 0.6 is 0 Å². The summed E-state index contributed by atoms with van der Waals surface area (Å²) >= 11 is 0. The van der Waals surface area contributed by atoms with E-state index in [0.717, 1.165) is 24.5 Å². The van der Waals surface area contributed by atoms with Crippen LogP contribution in [-0.4, -0.2) is 20.4 Å². The van der Waals surface area contributed by atoms with E-state index in [9.17, 15) is 17.6 Å². The third-order valence-electron chi connectivity index (χ3n) is 5.29. The second-order valence-corrected chi connectivity index (χ2v) is 9.53. The first-order valence-electron chi connectivity index (χ1n) is 9.28. The third kappa shape index (κ3) is 4.10. The lowest BCUT2D eigenvalue weighted by Gasteiger charge is -2.37. The Morgan fingerprint density at radius 3 is 2.50 bits per heavy atom. The Morgan fingerprint density at radius 1 is 1.14 bits per heavy atom. The number of amides is 1. The van der Waals surface area contributed by atoms with E-state index in [4.69, 9.17) is 0 Å². The fourth-order valence-electron chi connectivity index (χ4n) is 3.67. The molecule has 0 aromatic heterocycles. The first kappa shape index (κ1) is 20.5.